The van der Waals surface area contributed by atoms with Crippen molar-refractivity contribution in [1.82, 2.24) is 0 Å². The predicted molar refractivity (Wildman–Crippen MR) is 82.1 cm³/mol. The Hall–Kier alpha value is -1.39. The molecule has 1 aromatic carbocycles. The molecule has 0 aliphatic heterocycles. The van der Waals surface area contributed by atoms with Crippen LogP contribution >= 0.6 is 11.3 Å². The van der Waals surface area contributed by atoms with Crippen LogP contribution in [0.25, 0.3) is 0 Å². The Balaban J connectivity index is 2.31. The minimum Gasteiger partial charge on any atom is -0.546 e. The van der Waals surface area contributed by atoms with Gasteiger partial charge in [-0.1, -0.05) is 12.1 Å². The van der Waals surface area contributed by atoms with Crippen molar-refractivity contribution in [2.45, 2.75) is 20.0 Å². The predicted octanol–water partition coefficient (Wildman–Crippen LogP) is 4.25. The highest BCUT2D eigenvalue weighted by molar-refractivity contribution is 7.08. The highest BCUT2D eigenvalue weighted by Crippen LogP contribution is 2.28. The van der Waals surface area contributed by atoms with Gasteiger partial charge in [-0.25, -0.2) is 4.99 Å². The van der Waals surface area contributed by atoms with Crippen LogP contribution in [-0.2, 0) is 0 Å². The molecule has 0 saturated heterocycles. The second-order valence-corrected chi connectivity index (χ2v) is 7.46. The van der Waals surface area contributed by atoms with Crippen molar-refractivity contribution in [2.24, 2.45) is 4.99 Å². The molecule has 0 spiro atoms. The van der Waals surface area contributed by atoms with E-state index in [1.165, 1.54) is 5.56 Å². The molecule has 0 aliphatic carbocycles. The lowest BCUT2D eigenvalue weighted by Crippen LogP contribution is -2.11. The molecule has 1 heterocycles. The molecule has 18 heavy (non-hydrogen) atoms. The normalized spacial score (nSPS) is 11.9. The van der Waals surface area contributed by atoms with E-state index >= 15 is 0 Å². The zero-order valence-electron chi connectivity index (χ0n) is 10.9. The summed E-state index contributed by atoms with van der Waals surface area (Å²) in [6.07, 6.45) is 0. The van der Waals surface area contributed by atoms with Crippen LogP contribution in [0.1, 0.15) is 12.5 Å². The van der Waals surface area contributed by atoms with E-state index in [1.54, 1.807) is 11.3 Å². The molecule has 0 unspecified atom stereocenters. The third-order valence-electron chi connectivity index (χ3n) is 2.46. The largest absolute Gasteiger partial charge is 0.546 e. The summed E-state index contributed by atoms with van der Waals surface area (Å²) >= 11 is 1.69. The smallest absolute Gasteiger partial charge is 0.229 e. The van der Waals surface area contributed by atoms with Crippen molar-refractivity contribution in [2.75, 3.05) is 0 Å². The van der Waals surface area contributed by atoms with Gasteiger partial charge in [-0.2, -0.15) is 11.3 Å². The molecule has 0 amide bonds. The maximum atomic E-state index is 5.90. The van der Waals surface area contributed by atoms with E-state index in [0.717, 1.165) is 17.1 Å². The van der Waals surface area contributed by atoms with Gasteiger partial charge in [0.25, 0.3) is 0 Å². The van der Waals surface area contributed by atoms with Crippen molar-refractivity contribution in [3.05, 3.63) is 46.7 Å². The first kappa shape index (κ1) is 13.0. The van der Waals surface area contributed by atoms with Gasteiger partial charge in [0.05, 0.1) is 0 Å². The van der Waals surface area contributed by atoms with Gasteiger partial charge in [-0.15, -0.1) is 0 Å². The lowest BCUT2D eigenvalue weighted by molar-refractivity contribution is 0.582. The molecule has 94 valence electrons. The Labute approximate surface area is 114 Å². The maximum Gasteiger partial charge on any atom is 0.229 e. The van der Waals surface area contributed by atoms with Crippen LogP contribution in [0.5, 0.6) is 5.75 Å². The summed E-state index contributed by atoms with van der Waals surface area (Å²) in [7, 11) is -1.10. The molecular formula is C14H17NOSSi. The first-order valence-corrected chi connectivity index (χ1v) is 9.72. The third kappa shape index (κ3) is 3.30. The number of hydrogen-bond acceptors (Lipinski definition) is 3. The van der Waals surface area contributed by atoms with Gasteiger partial charge in [0.1, 0.15) is 11.4 Å². The zero-order valence-corrected chi connectivity index (χ0v) is 12.9. The molecule has 0 bridgehead atoms. The number of nitrogens with zero attached hydrogens (tertiary/aromatic N) is 1. The molecule has 0 N–H and O–H groups in total. The van der Waals surface area contributed by atoms with Crippen molar-refractivity contribution >= 4 is 31.8 Å². The molecular weight excluding hydrogens is 258 g/mol. The summed E-state index contributed by atoms with van der Waals surface area (Å²) in [5, 5.41) is 4.18. The standard InChI is InChI=1S/C14H17NOSSi/c1-11(12-8-9-17-10-12)15-13-6-4-5-7-14(13)16-18(2)3/h4-10,18H,1-3H3. The van der Waals surface area contributed by atoms with Crippen LogP contribution < -0.4 is 4.43 Å². The number of rotatable bonds is 4. The summed E-state index contributed by atoms with van der Waals surface area (Å²) in [5.74, 6) is 0.897. The molecule has 2 nitrogen and oxygen atoms in total. The molecule has 0 aliphatic rings. The molecule has 0 radical (unpaired) electrons. The van der Waals surface area contributed by atoms with Gasteiger partial charge in [0.2, 0.25) is 9.04 Å². The second kappa shape index (κ2) is 5.98. The van der Waals surface area contributed by atoms with E-state index in [-0.39, 0.29) is 0 Å². The van der Waals surface area contributed by atoms with E-state index < -0.39 is 9.04 Å². The average molecular weight is 275 g/mol. The number of thiophene rings is 1. The van der Waals surface area contributed by atoms with Gasteiger partial charge in [-0.3, -0.25) is 0 Å². The topological polar surface area (TPSA) is 21.6 Å². The number of benzene rings is 1. The van der Waals surface area contributed by atoms with Crippen LogP contribution in [0.15, 0.2) is 46.1 Å². The summed E-state index contributed by atoms with van der Waals surface area (Å²) < 4.78 is 5.90. The highest BCUT2D eigenvalue weighted by Gasteiger charge is 2.05. The highest BCUT2D eigenvalue weighted by atomic mass is 32.1. The molecule has 4 heteroatoms. The van der Waals surface area contributed by atoms with E-state index in [2.05, 4.69) is 34.9 Å². The molecule has 2 aromatic rings. The van der Waals surface area contributed by atoms with Gasteiger partial charge in [-0.05, 0) is 49.0 Å². The Morgan fingerprint density at radius 1 is 1.22 bits per heavy atom. The maximum absolute atomic E-state index is 5.90. The van der Waals surface area contributed by atoms with Crippen molar-refractivity contribution in [3.63, 3.8) is 0 Å². The van der Waals surface area contributed by atoms with E-state index in [0.29, 0.717) is 0 Å². The SMILES string of the molecule is CC(=Nc1ccccc1O[SiH](C)C)c1ccsc1. The lowest BCUT2D eigenvalue weighted by atomic mass is 10.2. The molecule has 0 fully saturated rings. The van der Waals surface area contributed by atoms with E-state index in [4.69, 9.17) is 4.43 Å². The van der Waals surface area contributed by atoms with Crippen molar-refractivity contribution in [1.29, 1.82) is 0 Å². The third-order valence-corrected chi connectivity index (χ3v) is 3.86. The summed E-state index contributed by atoms with van der Waals surface area (Å²) in [4.78, 5) is 4.68. The number of para-hydroxylation sites is 2. The lowest BCUT2D eigenvalue weighted by Gasteiger charge is -2.11. The van der Waals surface area contributed by atoms with Crippen LogP contribution in [0, 0.1) is 0 Å². The monoisotopic (exact) mass is 275 g/mol. The zero-order chi connectivity index (χ0) is 13.0. The molecule has 0 saturated carbocycles. The summed E-state index contributed by atoms with van der Waals surface area (Å²) in [6, 6.07) is 10.1. The van der Waals surface area contributed by atoms with Gasteiger partial charge >= 0.3 is 0 Å². The Kier molecular flexibility index (Phi) is 4.33. The minimum atomic E-state index is -1.10. The van der Waals surface area contributed by atoms with Crippen molar-refractivity contribution < 1.29 is 4.43 Å². The minimum absolute atomic E-state index is 0.897. The number of aliphatic imine (C=N–C) groups is 1. The fraction of sp³-hybridized carbons (Fsp3) is 0.214. The summed E-state index contributed by atoms with van der Waals surface area (Å²) in [5.41, 5.74) is 3.12. The fourth-order valence-electron chi connectivity index (χ4n) is 1.62. The van der Waals surface area contributed by atoms with Crippen LogP contribution in [0.4, 0.5) is 5.69 Å². The second-order valence-electron chi connectivity index (χ2n) is 4.34. The quantitative estimate of drug-likeness (QED) is 0.604. The number of hydrogen-bond donors (Lipinski definition) is 0. The van der Waals surface area contributed by atoms with Crippen LogP contribution in [0.2, 0.25) is 13.1 Å². The summed E-state index contributed by atoms with van der Waals surface area (Å²) in [6.45, 7) is 6.35. The van der Waals surface area contributed by atoms with Gasteiger partial charge in [0.15, 0.2) is 0 Å². The Bertz CT molecular complexity index is 534. The van der Waals surface area contributed by atoms with Gasteiger partial charge < -0.3 is 4.43 Å². The first-order valence-electron chi connectivity index (χ1n) is 6.00. The first-order chi connectivity index (χ1) is 8.66. The average Bonchev–Trinajstić information content (AvgIpc) is 2.84. The molecule has 2 rings (SSSR count). The Morgan fingerprint density at radius 3 is 2.67 bits per heavy atom. The van der Waals surface area contributed by atoms with E-state index in [1.807, 2.05) is 31.2 Å². The van der Waals surface area contributed by atoms with Gasteiger partial charge in [0, 0.05) is 11.3 Å². The fourth-order valence-corrected chi connectivity index (χ4v) is 3.03. The molecule has 1 aromatic heterocycles. The van der Waals surface area contributed by atoms with Crippen LogP contribution in [-0.4, -0.2) is 14.8 Å². The van der Waals surface area contributed by atoms with Crippen molar-refractivity contribution in [3.8, 4) is 5.75 Å². The van der Waals surface area contributed by atoms with E-state index in [9.17, 15) is 0 Å². The van der Waals surface area contributed by atoms with Crippen LogP contribution in [0.3, 0.4) is 0 Å². The molecule has 0 atom stereocenters. The Morgan fingerprint density at radius 2 is 2.00 bits per heavy atom.